The van der Waals surface area contributed by atoms with Crippen LogP contribution >= 0.6 is 11.8 Å². The first-order chi connectivity index (χ1) is 8.13. The molecule has 0 aromatic carbocycles. The number of carbonyl (C=O) groups is 1. The third kappa shape index (κ3) is 2.31. The summed E-state index contributed by atoms with van der Waals surface area (Å²) in [6.45, 7) is 1.04. The number of ether oxygens (including phenoxy) is 1. The zero-order valence-corrected chi connectivity index (χ0v) is 11.0. The van der Waals surface area contributed by atoms with Crippen molar-refractivity contribution in [2.45, 2.75) is 0 Å². The van der Waals surface area contributed by atoms with Crippen molar-refractivity contribution in [2.75, 3.05) is 33.5 Å². The van der Waals surface area contributed by atoms with Crippen molar-refractivity contribution in [1.82, 2.24) is 9.91 Å². The van der Waals surface area contributed by atoms with Crippen molar-refractivity contribution in [3.8, 4) is 0 Å². The van der Waals surface area contributed by atoms with Gasteiger partial charge in [-0.3, -0.25) is 4.79 Å². The van der Waals surface area contributed by atoms with Gasteiger partial charge in [-0.25, -0.2) is 5.01 Å². The van der Waals surface area contributed by atoms with Gasteiger partial charge >= 0.3 is 0 Å². The molecule has 0 radical (unpaired) electrons. The summed E-state index contributed by atoms with van der Waals surface area (Å²) >= 11 is 1.78. The van der Waals surface area contributed by atoms with Gasteiger partial charge in [0.2, 0.25) is 5.90 Å². The lowest BCUT2D eigenvalue weighted by Crippen LogP contribution is -2.17. The van der Waals surface area contributed by atoms with E-state index in [0.29, 0.717) is 11.5 Å². The van der Waals surface area contributed by atoms with Gasteiger partial charge in [-0.2, -0.15) is 0 Å². The van der Waals surface area contributed by atoms with Crippen molar-refractivity contribution in [3.05, 3.63) is 22.8 Å². The number of allylic oxidation sites excluding steroid dienone is 2. The number of hydrogen-bond acceptors (Lipinski definition) is 5. The lowest BCUT2D eigenvalue weighted by Gasteiger charge is -2.09. The summed E-state index contributed by atoms with van der Waals surface area (Å²) in [5.74, 6) is 1.33. The van der Waals surface area contributed by atoms with Crippen LogP contribution in [0.4, 0.5) is 0 Å². The van der Waals surface area contributed by atoms with Crippen LogP contribution in [0.3, 0.4) is 0 Å². The Morgan fingerprint density at radius 3 is 2.76 bits per heavy atom. The Morgan fingerprint density at radius 2 is 2.18 bits per heavy atom. The molecule has 0 aromatic heterocycles. The molecule has 1 amide bonds. The van der Waals surface area contributed by atoms with E-state index in [1.54, 1.807) is 24.9 Å². The molecule has 2 aliphatic heterocycles. The molecule has 0 aromatic rings. The molecule has 0 bridgehead atoms. The number of nitrogens with zero attached hydrogens (tertiary/aromatic N) is 3. The van der Waals surface area contributed by atoms with E-state index in [1.165, 1.54) is 12.1 Å². The molecule has 0 N–H and O–H groups in total. The highest BCUT2D eigenvalue weighted by Gasteiger charge is 2.28. The Morgan fingerprint density at radius 1 is 1.41 bits per heavy atom. The van der Waals surface area contributed by atoms with Crippen molar-refractivity contribution < 1.29 is 9.53 Å². The van der Waals surface area contributed by atoms with E-state index in [2.05, 4.69) is 10.0 Å². The van der Waals surface area contributed by atoms with E-state index >= 15 is 0 Å². The summed E-state index contributed by atoms with van der Waals surface area (Å²) in [6, 6.07) is 0. The molecule has 6 heteroatoms. The second kappa shape index (κ2) is 4.83. The molecule has 2 rings (SSSR count). The average molecular weight is 253 g/mol. The van der Waals surface area contributed by atoms with E-state index in [4.69, 9.17) is 4.74 Å². The summed E-state index contributed by atoms with van der Waals surface area (Å²) in [5.41, 5.74) is 0.503. The minimum atomic E-state index is -0.135. The van der Waals surface area contributed by atoms with E-state index < -0.39 is 0 Å². The molecule has 5 nitrogen and oxygen atoms in total. The fourth-order valence-corrected chi connectivity index (χ4v) is 2.68. The second-order valence-electron chi connectivity index (χ2n) is 3.79. The Bertz CT molecular complexity index is 428. The first-order valence-electron chi connectivity index (χ1n) is 5.30. The quantitative estimate of drug-likeness (QED) is 0.650. The van der Waals surface area contributed by atoms with Crippen molar-refractivity contribution in [3.63, 3.8) is 0 Å². The van der Waals surface area contributed by atoms with Gasteiger partial charge in [0, 0.05) is 26.4 Å². The van der Waals surface area contributed by atoms with Gasteiger partial charge in [0.25, 0.3) is 5.91 Å². The number of rotatable bonds is 1. The predicted molar refractivity (Wildman–Crippen MR) is 68.5 cm³/mol. The van der Waals surface area contributed by atoms with Gasteiger partial charge in [-0.1, -0.05) is 0 Å². The van der Waals surface area contributed by atoms with Crippen LogP contribution in [0.15, 0.2) is 27.9 Å². The Balaban J connectivity index is 2.22. The zero-order chi connectivity index (χ0) is 12.4. The number of likely N-dealkylation sites (N-methyl/N-ethyl adjacent to an activating group) is 1. The summed E-state index contributed by atoms with van der Waals surface area (Å²) in [6.07, 6.45) is 3.72. The summed E-state index contributed by atoms with van der Waals surface area (Å²) in [5, 5.41) is 6.44. The minimum Gasteiger partial charge on any atom is -0.479 e. The molecule has 0 spiro atoms. The van der Waals surface area contributed by atoms with Crippen LogP contribution in [0, 0.1) is 0 Å². The fraction of sp³-hybridized carbons (Fsp3) is 0.455. The number of hydrazone groups is 1. The third-order valence-electron chi connectivity index (χ3n) is 2.63. The van der Waals surface area contributed by atoms with Gasteiger partial charge in [-0.15, -0.1) is 16.9 Å². The van der Waals surface area contributed by atoms with Gasteiger partial charge in [0.05, 0.1) is 12.1 Å². The fourth-order valence-electron chi connectivity index (χ4n) is 1.63. The normalized spacial score (nSPS) is 25.1. The lowest BCUT2D eigenvalue weighted by atomic mass is 10.2. The molecule has 2 aliphatic rings. The van der Waals surface area contributed by atoms with Crippen molar-refractivity contribution in [2.24, 2.45) is 5.10 Å². The smallest absolute Gasteiger partial charge is 0.279 e. The molecule has 2 heterocycles. The van der Waals surface area contributed by atoms with Crippen LogP contribution in [-0.2, 0) is 9.53 Å². The Hall–Kier alpha value is -1.43. The van der Waals surface area contributed by atoms with Crippen LogP contribution in [0.2, 0.25) is 0 Å². The molecular weight excluding hydrogens is 238 g/mol. The van der Waals surface area contributed by atoms with Crippen LogP contribution in [-0.4, -0.2) is 55.2 Å². The molecule has 1 saturated heterocycles. The van der Waals surface area contributed by atoms with Gasteiger partial charge in [-0.05, 0) is 12.2 Å². The standard InChI is InChI=1S/C11H15N3O2S/c1-13-6-7-17-9(13)5-4-8-10(16-3)12-14(2)11(8)15/h4-5H,6-7H2,1-3H3/b8-4+,9-5+. The maximum Gasteiger partial charge on any atom is 0.279 e. The average Bonchev–Trinajstić information content (AvgIpc) is 2.83. The molecule has 0 aliphatic carbocycles. The summed E-state index contributed by atoms with van der Waals surface area (Å²) in [7, 11) is 5.17. The molecular formula is C11H15N3O2S. The lowest BCUT2D eigenvalue weighted by molar-refractivity contribution is -0.124. The monoisotopic (exact) mass is 253 g/mol. The van der Waals surface area contributed by atoms with E-state index in [0.717, 1.165) is 17.3 Å². The molecule has 17 heavy (non-hydrogen) atoms. The van der Waals surface area contributed by atoms with Gasteiger partial charge < -0.3 is 9.64 Å². The van der Waals surface area contributed by atoms with Crippen LogP contribution in [0.1, 0.15) is 0 Å². The zero-order valence-electron chi connectivity index (χ0n) is 10.1. The molecule has 92 valence electrons. The molecule has 0 saturated carbocycles. The molecule has 0 atom stereocenters. The largest absolute Gasteiger partial charge is 0.479 e. The number of amides is 1. The second-order valence-corrected chi connectivity index (χ2v) is 4.91. The van der Waals surface area contributed by atoms with E-state index in [1.807, 2.05) is 13.1 Å². The number of thioether (sulfide) groups is 1. The van der Waals surface area contributed by atoms with Crippen LogP contribution in [0.5, 0.6) is 0 Å². The number of carbonyl (C=O) groups excluding carboxylic acids is 1. The highest BCUT2D eigenvalue weighted by Crippen LogP contribution is 2.26. The topological polar surface area (TPSA) is 45.1 Å². The SMILES string of the molecule is COC1=NN(C)C(=O)/C1=C/C=C1/SCCN1C. The van der Waals surface area contributed by atoms with Crippen molar-refractivity contribution >= 4 is 23.6 Å². The highest BCUT2D eigenvalue weighted by atomic mass is 32.2. The molecule has 1 fully saturated rings. The van der Waals surface area contributed by atoms with Crippen molar-refractivity contribution in [1.29, 1.82) is 0 Å². The highest BCUT2D eigenvalue weighted by molar-refractivity contribution is 8.03. The first-order valence-corrected chi connectivity index (χ1v) is 6.29. The van der Waals surface area contributed by atoms with E-state index in [-0.39, 0.29) is 5.91 Å². The van der Waals surface area contributed by atoms with Gasteiger partial charge in [0.15, 0.2) is 0 Å². The number of methoxy groups -OCH3 is 1. The summed E-state index contributed by atoms with van der Waals surface area (Å²) < 4.78 is 5.08. The Labute approximate surface area is 105 Å². The number of hydrogen-bond donors (Lipinski definition) is 0. The predicted octanol–water partition coefficient (Wildman–Crippen LogP) is 0.865. The Kier molecular flexibility index (Phi) is 3.42. The third-order valence-corrected chi connectivity index (χ3v) is 3.76. The van der Waals surface area contributed by atoms with Crippen LogP contribution in [0.25, 0.3) is 0 Å². The maximum atomic E-state index is 11.8. The molecule has 0 unspecified atom stereocenters. The minimum absolute atomic E-state index is 0.135. The van der Waals surface area contributed by atoms with E-state index in [9.17, 15) is 4.79 Å². The summed E-state index contributed by atoms with van der Waals surface area (Å²) in [4.78, 5) is 13.9. The first kappa shape index (κ1) is 12.0. The van der Waals surface area contributed by atoms with Gasteiger partial charge in [0.1, 0.15) is 5.57 Å². The maximum absolute atomic E-state index is 11.8. The van der Waals surface area contributed by atoms with Crippen LogP contribution < -0.4 is 0 Å².